The van der Waals surface area contributed by atoms with Crippen LogP contribution in [0.1, 0.15) is 58.8 Å². The Morgan fingerprint density at radius 3 is 2.81 bits per heavy atom. The molecule has 0 aromatic heterocycles. The molecule has 1 aliphatic carbocycles. The second-order valence-electron chi connectivity index (χ2n) is 5.79. The summed E-state index contributed by atoms with van der Waals surface area (Å²) in [6.07, 6.45) is 9.23. The highest BCUT2D eigenvalue weighted by atomic mass is 15.0. The summed E-state index contributed by atoms with van der Waals surface area (Å²) in [5.74, 6) is 3.03. The van der Waals surface area contributed by atoms with E-state index >= 15 is 0 Å². The van der Waals surface area contributed by atoms with Crippen LogP contribution in [-0.2, 0) is 0 Å². The first-order valence-corrected chi connectivity index (χ1v) is 7.05. The van der Waals surface area contributed by atoms with Crippen molar-refractivity contribution in [1.82, 2.24) is 5.32 Å². The van der Waals surface area contributed by atoms with Crippen molar-refractivity contribution >= 4 is 5.84 Å². The third-order valence-electron chi connectivity index (χ3n) is 4.16. The minimum atomic E-state index is 0.688. The fourth-order valence-corrected chi connectivity index (χ4v) is 3.09. The van der Waals surface area contributed by atoms with Gasteiger partial charge in [-0.1, -0.05) is 20.3 Å². The molecule has 1 fully saturated rings. The number of aliphatic imine (C=N–C) groups is 1. The van der Waals surface area contributed by atoms with Crippen LogP contribution in [0.25, 0.3) is 0 Å². The number of hydrogen-bond donors (Lipinski definition) is 1. The second kappa shape index (κ2) is 5.70. The lowest BCUT2D eigenvalue weighted by atomic mass is 9.80. The molecule has 0 amide bonds. The number of nitrogens with one attached hydrogen (secondary N) is 1. The normalized spacial score (nSPS) is 36.4. The molecule has 2 rings (SSSR count). The molecule has 2 nitrogen and oxygen atoms in total. The third kappa shape index (κ3) is 3.23. The Bertz CT molecular complexity index is 247. The van der Waals surface area contributed by atoms with Gasteiger partial charge in [-0.3, -0.25) is 4.99 Å². The fourth-order valence-electron chi connectivity index (χ4n) is 3.09. The minimum absolute atomic E-state index is 0.688. The molecule has 2 heteroatoms. The van der Waals surface area contributed by atoms with Crippen molar-refractivity contribution in [2.45, 2.75) is 64.8 Å². The van der Waals surface area contributed by atoms with E-state index in [0.29, 0.717) is 6.04 Å². The molecule has 0 radical (unpaired) electrons. The van der Waals surface area contributed by atoms with E-state index in [9.17, 15) is 0 Å². The summed E-state index contributed by atoms with van der Waals surface area (Å²) in [6, 6.07) is 0.688. The molecule has 1 aliphatic heterocycles. The van der Waals surface area contributed by atoms with Crippen LogP contribution in [0.2, 0.25) is 0 Å². The van der Waals surface area contributed by atoms with E-state index in [0.717, 1.165) is 18.4 Å². The number of amidine groups is 1. The smallest absolute Gasteiger partial charge is 0.0965 e. The molecule has 0 aromatic carbocycles. The molecule has 0 saturated heterocycles. The predicted molar refractivity (Wildman–Crippen MR) is 69.9 cm³/mol. The monoisotopic (exact) mass is 222 g/mol. The first-order chi connectivity index (χ1) is 7.75. The van der Waals surface area contributed by atoms with Gasteiger partial charge in [-0.15, -0.1) is 0 Å². The Hall–Kier alpha value is -0.530. The Balaban J connectivity index is 1.86. The SMILES string of the molecule is CC1CCC(NC2=NCCCCC2)C(C)C1. The average molecular weight is 222 g/mol. The Labute approximate surface area is 99.9 Å². The summed E-state index contributed by atoms with van der Waals surface area (Å²) in [6.45, 7) is 5.82. The molecule has 16 heavy (non-hydrogen) atoms. The number of rotatable bonds is 1. The van der Waals surface area contributed by atoms with Crippen LogP contribution in [0.3, 0.4) is 0 Å². The van der Waals surface area contributed by atoms with Gasteiger partial charge in [0.2, 0.25) is 0 Å². The molecule has 1 saturated carbocycles. The topological polar surface area (TPSA) is 24.4 Å². The van der Waals surface area contributed by atoms with Gasteiger partial charge in [0.25, 0.3) is 0 Å². The molecule has 92 valence electrons. The van der Waals surface area contributed by atoms with Crippen LogP contribution in [0, 0.1) is 11.8 Å². The van der Waals surface area contributed by atoms with Gasteiger partial charge in [0.05, 0.1) is 5.84 Å². The summed E-state index contributed by atoms with van der Waals surface area (Å²) < 4.78 is 0. The third-order valence-corrected chi connectivity index (χ3v) is 4.16. The van der Waals surface area contributed by atoms with E-state index in [2.05, 4.69) is 24.2 Å². The van der Waals surface area contributed by atoms with Gasteiger partial charge >= 0.3 is 0 Å². The van der Waals surface area contributed by atoms with Crippen molar-refractivity contribution < 1.29 is 0 Å². The highest BCUT2D eigenvalue weighted by Crippen LogP contribution is 2.28. The fraction of sp³-hybridized carbons (Fsp3) is 0.929. The maximum absolute atomic E-state index is 4.68. The summed E-state index contributed by atoms with van der Waals surface area (Å²) in [4.78, 5) is 4.68. The van der Waals surface area contributed by atoms with Gasteiger partial charge < -0.3 is 5.32 Å². The van der Waals surface area contributed by atoms with Crippen molar-refractivity contribution in [2.24, 2.45) is 16.8 Å². The molecule has 0 bridgehead atoms. The maximum Gasteiger partial charge on any atom is 0.0965 e. The van der Waals surface area contributed by atoms with Crippen molar-refractivity contribution in [3.8, 4) is 0 Å². The van der Waals surface area contributed by atoms with Crippen LogP contribution >= 0.6 is 0 Å². The Morgan fingerprint density at radius 2 is 2.00 bits per heavy atom. The van der Waals surface area contributed by atoms with Gasteiger partial charge in [0, 0.05) is 19.0 Å². The molecule has 1 heterocycles. The lowest BCUT2D eigenvalue weighted by Gasteiger charge is -2.34. The van der Waals surface area contributed by atoms with Gasteiger partial charge in [0.15, 0.2) is 0 Å². The first kappa shape index (κ1) is 11.9. The van der Waals surface area contributed by atoms with Gasteiger partial charge in [-0.2, -0.15) is 0 Å². The molecular formula is C14H26N2. The zero-order valence-corrected chi connectivity index (χ0v) is 10.8. The zero-order valence-electron chi connectivity index (χ0n) is 10.8. The zero-order chi connectivity index (χ0) is 11.4. The summed E-state index contributed by atoms with van der Waals surface area (Å²) in [7, 11) is 0. The van der Waals surface area contributed by atoms with Gasteiger partial charge in [-0.25, -0.2) is 0 Å². The molecule has 0 spiro atoms. The van der Waals surface area contributed by atoms with Crippen molar-refractivity contribution in [2.75, 3.05) is 6.54 Å². The molecule has 3 atom stereocenters. The van der Waals surface area contributed by atoms with Crippen molar-refractivity contribution in [1.29, 1.82) is 0 Å². The second-order valence-corrected chi connectivity index (χ2v) is 5.79. The van der Waals surface area contributed by atoms with E-state index in [4.69, 9.17) is 0 Å². The van der Waals surface area contributed by atoms with Gasteiger partial charge in [-0.05, 0) is 43.9 Å². The number of nitrogens with zero attached hydrogens (tertiary/aromatic N) is 1. The number of hydrogen-bond acceptors (Lipinski definition) is 2. The lowest BCUT2D eigenvalue weighted by Crippen LogP contribution is -2.42. The van der Waals surface area contributed by atoms with Crippen LogP contribution in [0.5, 0.6) is 0 Å². The van der Waals surface area contributed by atoms with Crippen LogP contribution in [0.15, 0.2) is 4.99 Å². The van der Waals surface area contributed by atoms with Crippen LogP contribution < -0.4 is 5.32 Å². The lowest BCUT2D eigenvalue weighted by molar-refractivity contribution is 0.246. The first-order valence-electron chi connectivity index (χ1n) is 7.05. The summed E-state index contributed by atoms with van der Waals surface area (Å²) in [5.41, 5.74) is 0. The Morgan fingerprint density at radius 1 is 1.12 bits per heavy atom. The highest BCUT2D eigenvalue weighted by Gasteiger charge is 2.25. The maximum atomic E-state index is 4.68. The molecule has 3 unspecified atom stereocenters. The summed E-state index contributed by atoms with van der Waals surface area (Å²) in [5, 5.41) is 3.72. The Kier molecular flexibility index (Phi) is 4.25. The highest BCUT2D eigenvalue weighted by molar-refractivity contribution is 5.82. The van der Waals surface area contributed by atoms with Crippen molar-refractivity contribution in [3.05, 3.63) is 0 Å². The van der Waals surface area contributed by atoms with E-state index in [-0.39, 0.29) is 0 Å². The van der Waals surface area contributed by atoms with E-state index in [1.165, 1.54) is 50.8 Å². The minimum Gasteiger partial charge on any atom is -0.371 e. The predicted octanol–water partition coefficient (Wildman–Crippen LogP) is 3.37. The van der Waals surface area contributed by atoms with Crippen LogP contribution in [0.4, 0.5) is 0 Å². The van der Waals surface area contributed by atoms with Crippen molar-refractivity contribution in [3.63, 3.8) is 0 Å². The van der Waals surface area contributed by atoms with Gasteiger partial charge in [0.1, 0.15) is 0 Å². The molecule has 1 N–H and O–H groups in total. The summed E-state index contributed by atoms with van der Waals surface area (Å²) >= 11 is 0. The van der Waals surface area contributed by atoms with E-state index in [1.54, 1.807) is 0 Å². The molecular weight excluding hydrogens is 196 g/mol. The molecule has 0 aromatic rings. The largest absolute Gasteiger partial charge is 0.371 e. The van der Waals surface area contributed by atoms with Crippen LogP contribution in [-0.4, -0.2) is 18.4 Å². The quantitative estimate of drug-likeness (QED) is 0.722. The molecule has 2 aliphatic rings. The van der Waals surface area contributed by atoms with E-state index in [1.807, 2.05) is 0 Å². The standard InChI is InChI=1S/C14H26N2/c1-11-7-8-13(12(2)10-11)16-14-6-4-3-5-9-15-14/h11-13H,3-10H2,1-2H3,(H,15,16). The van der Waals surface area contributed by atoms with E-state index < -0.39 is 0 Å². The average Bonchev–Trinajstić information content (AvgIpc) is 2.51.